The summed E-state index contributed by atoms with van der Waals surface area (Å²) < 4.78 is 7.06. The van der Waals surface area contributed by atoms with Crippen LogP contribution in [0.15, 0.2) is 55.6 Å². The molecule has 45 heavy (non-hydrogen) atoms. The fourth-order valence-electron chi connectivity index (χ4n) is 9.00. The molecule has 0 aromatic heterocycles. The topological polar surface area (TPSA) is 90.4 Å². The van der Waals surface area contributed by atoms with Crippen LogP contribution in [0.5, 0.6) is 0 Å². The summed E-state index contributed by atoms with van der Waals surface area (Å²) in [7, 11) is 0. The summed E-state index contributed by atoms with van der Waals surface area (Å²) in [6, 6.07) is 8.39. The molecule has 1 aliphatic carbocycles. The highest BCUT2D eigenvalue weighted by atomic mass is 16.5. The summed E-state index contributed by atoms with van der Waals surface area (Å²) in [6.45, 7) is 16.8. The van der Waals surface area contributed by atoms with Crippen molar-refractivity contribution in [3.63, 3.8) is 0 Å². The summed E-state index contributed by atoms with van der Waals surface area (Å²) in [5.41, 5.74) is -1.09. The standard InChI is InChI=1S/C37H53N3O5/c1-7-20-38(23-27-16-12-10-13-17-27)33(42)30-31-34(43)40(29(24-41)25(4)9-3)32(37(31)22-26(5)36(30,6)45-37)35(44)39(21-8-2)28-18-14-11-15-19-28/h7-8,10,12-13,16-17,25-26,28-32,41H,1-2,9,11,14-15,18-24H2,3-6H3/t25-,26?,29-,30+,31-,32?,36-,37?/m0/s1. The van der Waals surface area contributed by atoms with Gasteiger partial charge in [0.1, 0.15) is 11.6 Å². The van der Waals surface area contributed by atoms with Crippen molar-refractivity contribution in [2.45, 2.75) is 109 Å². The lowest BCUT2D eigenvalue weighted by Crippen LogP contribution is -2.61. The summed E-state index contributed by atoms with van der Waals surface area (Å²) in [6.07, 6.45) is 9.81. The third-order valence-corrected chi connectivity index (χ3v) is 11.6. The molecule has 1 aromatic rings. The minimum Gasteiger partial charge on any atom is -0.394 e. The number of aliphatic hydroxyl groups is 1. The second-order valence-electron chi connectivity index (χ2n) is 14.1. The lowest BCUT2D eigenvalue weighted by atomic mass is 9.62. The Hall–Kier alpha value is -2.97. The third-order valence-electron chi connectivity index (χ3n) is 11.6. The second kappa shape index (κ2) is 13.4. The number of likely N-dealkylation sites (tertiary alicyclic amines) is 1. The summed E-state index contributed by atoms with van der Waals surface area (Å²) in [4.78, 5) is 50.0. The van der Waals surface area contributed by atoms with Crippen molar-refractivity contribution >= 4 is 17.7 Å². The molecule has 1 spiro atoms. The molecule has 1 aromatic carbocycles. The molecule has 4 fully saturated rings. The van der Waals surface area contributed by atoms with Gasteiger partial charge >= 0.3 is 0 Å². The molecule has 1 N–H and O–H groups in total. The number of ether oxygens (including phenoxy) is 1. The number of fused-ring (bicyclic) bond motifs is 1. The average molecular weight is 620 g/mol. The van der Waals surface area contributed by atoms with E-state index in [2.05, 4.69) is 20.1 Å². The van der Waals surface area contributed by atoms with Crippen LogP contribution in [0.1, 0.15) is 78.2 Å². The van der Waals surface area contributed by atoms with Gasteiger partial charge in [-0.25, -0.2) is 0 Å². The monoisotopic (exact) mass is 619 g/mol. The van der Waals surface area contributed by atoms with E-state index >= 15 is 4.79 Å². The zero-order valence-corrected chi connectivity index (χ0v) is 27.7. The summed E-state index contributed by atoms with van der Waals surface area (Å²) in [5, 5.41) is 10.8. The van der Waals surface area contributed by atoms with Crippen molar-refractivity contribution in [1.29, 1.82) is 0 Å². The molecule has 3 unspecified atom stereocenters. The van der Waals surface area contributed by atoms with Crippen LogP contribution in [0, 0.1) is 23.7 Å². The zero-order chi connectivity index (χ0) is 32.5. The van der Waals surface area contributed by atoms with Gasteiger partial charge < -0.3 is 24.5 Å². The van der Waals surface area contributed by atoms with Crippen molar-refractivity contribution in [3.8, 4) is 0 Å². The minimum absolute atomic E-state index is 0.0540. The van der Waals surface area contributed by atoms with E-state index in [1.165, 1.54) is 0 Å². The Morgan fingerprint density at radius 3 is 2.38 bits per heavy atom. The number of amides is 3. The van der Waals surface area contributed by atoms with Gasteiger partial charge in [0.2, 0.25) is 17.7 Å². The molecule has 8 atom stereocenters. The number of carbonyl (C=O) groups is 3. The predicted octanol–water partition coefficient (Wildman–Crippen LogP) is 4.97. The molecular weight excluding hydrogens is 566 g/mol. The Morgan fingerprint density at radius 1 is 1.11 bits per heavy atom. The van der Waals surface area contributed by atoms with Gasteiger partial charge in [-0.05, 0) is 43.6 Å². The maximum Gasteiger partial charge on any atom is 0.248 e. The van der Waals surface area contributed by atoms with Gasteiger partial charge in [0.25, 0.3) is 0 Å². The van der Waals surface area contributed by atoms with Crippen LogP contribution in [0.3, 0.4) is 0 Å². The largest absolute Gasteiger partial charge is 0.394 e. The lowest BCUT2D eigenvalue weighted by molar-refractivity contribution is -0.160. The molecule has 8 nitrogen and oxygen atoms in total. The number of hydrogen-bond donors (Lipinski definition) is 1. The molecule has 4 aliphatic rings. The van der Waals surface area contributed by atoms with Gasteiger partial charge in [0, 0.05) is 25.7 Å². The van der Waals surface area contributed by atoms with Crippen LogP contribution in [-0.4, -0.2) is 86.6 Å². The van der Waals surface area contributed by atoms with Crippen LogP contribution in [0.4, 0.5) is 0 Å². The van der Waals surface area contributed by atoms with Crippen molar-refractivity contribution in [2.24, 2.45) is 23.7 Å². The third kappa shape index (κ3) is 5.56. The Morgan fingerprint density at radius 2 is 1.78 bits per heavy atom. The van der Waals surface area contributed by atoms with E-state index in [1.54, 1.807) is 22.0 Å². The van der Waals surface area contributed by atoms with Gasteiger partial charge in [0.15, 0.2) is 0 Å². The van der Waals surface area contributed by atoms with Crippen LogP contribution in [0.2, 0.25) is 0 Å². The van der Waals surface area contributed by atoms with E-state index in [9.17, 15) is 14.7 Å². The average Bonchev–Trinajstić information content (AvgIpc) is 3.56. The number of benzene rings is 1. The quantitative estimate of drug-likeness (QED) is 0.315. The fraction of sp³-hybridized carbons (Fsp3) is 0.649. The van der Waals surface area contributed by atoms with E-state index in [1.807, 2.05) is 56.0 Å². The minimum atomic E-state index is -1.16. The first-order valence-electron chi connectivity index (χ1n) is 17.1. The van der Waals surface area contributed by atoms with Crippen molar-refractivity contribution < 1.29 is 24.2 Å². The first-order valence-corrected chi connectivity index (χ1v) is 17.1. The van der Waals surface area contributed by atoms with Crippen molar-refractivity contribution in [2.75, 3.05) is 19.7 Å². The number of nitrogens with zero attached hydrogens (tertiary/aromatic N) is 3. The van der Waals surface area contributed by atoms with Crippen LogP contribution in [0.25, 0.3) is 0 Å². The van der Waals surface area contributed by atoms with E-state index < -0.39 is 35.1 Å². The Bertz CT molecular complexity index is 1260. The Kier molecular flexibility index (Phi) is 9.95. The first-order chi connectivity index (χ1) is 21.6. The molecular formula is C37H53N3O5. The van der Waals surface area contributed by atoms with Gasteiger partial charge in [-0.2, -0.15) is 0 Å². The van der Waals surface area contributed by atoms with E-state index in [4.69, 9.17) is 4.74 Å². The number of hydrogen-bond acceptors (Lipinski definition) is 5. The van der Waals surface area contributed by atoms with Gasteiger partial charge in [-0.15, -0.1) is 13.2 Å². The van der Waals surface area contributed by atoms with E-state index in [0.717, 1.165) is 44.1 Å². The molecule has 3 heterocycles. The van der Waals surface area contributed by atoms with Crippen LogP contribution in [-0.2, 0) is 25.7 Å². The number of aliphatic hydroxyl groups excluding tert-OH is 1. The molecule has 3 aliphatic heterocycles. The second-order valence-corrected chi connectivity index (χ2v) is 14.1. The highest BCUT2D eigenvalue weighted by Gasteiger charge is 2.80. The zero-order valence-electron chi connectivity index (χ0n) is 27.7. The highest BCUT2D eigenvalue weighted by Crippen LogP contribution is 2.66. The molecule has 3 amide bonds. The molecule has 8 heteroatoms. The van der Waals surface area contributed by atoms with Gasteiger partial charge in [-0.1, -0.05) is 88.9 Å². The van der Waals surface area contributed by atoms with Crippen LogP contribution < -0.4 is 0 Å². The number of carbonyl (C=O) groups excluding carboxylic acids is 3. The van der Waals surface area contributed by atoms with Crippen molar-refractivity contribution in [3.05, 3.63) is 61.2 Å². The van der Waals surface area contributed by atoms with Gasteiger partial charge in [0.05, 0.1) is 30.1 Å². The maximum atomic E-state index is 15.0. The number of rotatable bonds is 13. The first kappa shape index (κ1) is 33.4. The van der Waals surface area contributed by atoms with Crippen LogP contribution >= 0.6 is 0 Å². The van der Waals surface area contributed by atoms with Crippen molar-refractivity contribution in [1.82, 2.24) is 14.7 Å². The molecule has 1 saturated carbocycles. The molecule has 246 valence electrons. The van der Waals surface area contributed by atoms with E-state index in [-0.39, 0.29) is 42.2 Å². The van der Waals surface area contributed by atoms with E-state index in [0.29, 0.717) is 26.1 Å². The molecule has 3 saturated heterocycles. The lowest BCUT2D eigenvalue weighted by Gasteiger charge is -2.43. The Labute approximate surface area is 269 Å². The Balaban J connectivity index is 1.61. The summed E-state index contributed by atoms with van der Waals surface area (Å²) in [5.74, 6) is -2.25. The SMILES string of the molecule is C=CCN(Cc1ccccc1)C(=O)[C@H]1[C@H]2C(=O)N([C@@H](CO)[C@@H](C)CC)C(C(=O)N(CC=C)C3CCCCC3)C23CC(C)[C@]1(C)O3. The smallest absolute Gasteiger partial charge is 0.248 e. The fourth-order valence-corrected chi connectivity index (χ4v) is 9.00. The maximum absolute atomic E-state index is 15.0. The normalized spacial score (nSPS) is 32.2. The highest BCUT2D eigenvalue weighted by molar-refractivity contribution is 5.99. The predicted molar refractivity (Wildman–Crippen MR) is 175 cm³/mol. The molecule has 2 bridgehead atoms. The molecule has 0 radical (unpaired) electrons. The summed E-state index contributed by atoms with van der Waals surface area (Å²) >= 11 is 0. The van der Waals surface area contributed by atoms with Gasteiger partial charge in [-0.3, -0.25) is 14.4 Å². The molecule has 5 rings (SSSR count).